The van der Waals surface area contributed by atoms with Crippen LogP contribution in [0.4, 0.5) is 14.5 Å². The molecule has 0 aliphatic carbocycles. The molecule has 0 bridgehead atoms. The first-order valence-corrected chi connectivity index (χ1v) is 7.71. The Labute approximate surface area is 138 Å². The fraction of sp³-hybridized carbons (Fsp3) is 0.222. The maximum Gasteiger partial charge on any atom is 0.261 e. The van der Waals surface area contributed by atoms with Crippen molar-refractivity contribution in [2.75, 3.05) is 18.4 Å². The van der Waals surface area contributed by atoms with Crippen LogP contribution in [0.2, 0.25) is 0 Å². The lowest BCUT2D eigenvalue weighted by atomic mass is 10.1. The lowest BCUT2D eigenvalue weighted by Crippen LogP contribution is -2.27. The minimum absolute atomic E-state index is 0.110. The van der Waals surface area contributed by atoms with E-state index in [4.69, 9.17) is 0 Å². The summed E-state index contributed by atoms with van der Waals surface area (Å²) < 4.78 is 27.3. The zero-order valence-corrected chi connectivity index (χ0v) is 12.9. The van der Waals surface area contributed by atoms with E-state index in [1.807, 2.05) is 0 Å². The van der Waals surface area contributed by atoms with Gasteiger partial charge >= 0.3 is 0 Å². The van der Waals surface area contributed by atoms with Crippen LogP contribution in [-0.2, 0) is 0 Å². The van der Waals surface area contributed by atoms with Gasteiger partial charge in [0, 0.05) is 24.3 Å². The topological polar surface area (TPSA) is 49.4 Å². The van der Waals surface area contributed by atoms with Crippen LogP contribution in [0.25, 0.3) is 0 Å². The van der Waals surface area contributed by atoms with Gasteiger partial charge in [0.05, 0.1) is 0 Å². The van der Waals surface area contributed by atoms with Gasteiger partial charge in [-0.25, -0.2) is 8.78 Å². The molecule has 0 atom stereocenters. The zero-order valence-electron chi connectivity index (χ0n) is 12.9. The molecule has 1 aliphatic rings. The van der Waals surface area contributed by atoms with Crippen molar-refractivity contribution < 1.29 is 18.4 Å². The highest BCUT2D eigenvalue weighted by molar-refractivity contribution is 6.05. The van der Waals surface area contributed by atoms with Crippen LogP contribution in [0.1, 0.15) is 33.6 Å². The number of nitrogens with one attached hydrogen (secondary N) is 1. The van der Waals surface area contributed by atoms with Gasteiger partial charge in [-0.05, 0) is 43.2 Å². The quantitative estimate of drug-likeness (QED) is 0.937. The van der Waals surface area contributed by atoms with Crippen molar-refractivity contribution in [1.82, 2.24) is 4.90 Å². The predicted octanol–water partition coefficient (Wildman–Crippen LogP) is 3.45. The summed E-state index contributed by atoms with van der Waals surface area (Å²) >= 11 is 0. The molecule has 1 aliphatic heterocycles. The molecule has 3 rings (SSSR count). The minimum Gasteiger partial charge on any atom is -0.339 e. The van der Waals surface area contributed by atoms with E-state index >= 15 is 0 Å². The number of benzene rings is 2. The third kappa shape index (κ3) is 3.27. The molecule has 24 heavy (non-hydrogen) atoms. The molecule has 0 radical (unpaired) electrons. The fourth-order valence-electron chi connectivity index (χ4n) is 2.74. The maximum atomic E-state index is 13.7. The molecular formula is C18H16F2N2O2. The van der Waals surface area contributed by atoms with Crippen molar-refractivity contribution in [1.29, 1.82) is 0 Å². The van der Waals surface area contributed by atoms with E-state index in [1.54, 1.807) is 23.1 Å². The predicted molar refractivity (Wildman–Crippen MR) is 85.9 cm³/mol. The number of rotatable bonds is 3. The molecular weight excluding hydrogens is 314 g/mol. The first kappa shape index (κ1) is 16.1. The number of hydrogen-bond acceptors (Lipinski definition) is 2. The van der Waals surface area contributed by atoms with Gasteiger partial charge in [0.25, 0.3) is 11.8 Å². The Morgan fingerprint density at radius 1 is 0.958 bits per heavy atom. The molecule has 4 nitrogen and oxygen atoms in total. The van der Waals surface area contributed by atoms with Gasteiger partial charge in [-0.15, -0.1) is 0 Å². The van der Waals surface area contributed by atoms with Crippen molar-refractivity contribution >= 4 is 17.5 Å². The third-order valence-electron chi connectivity index (χ3n) is 3.95. The van der Waals surface area contributed by atoms with Gasteiger partial charge in [0.1, 0.15) is 17.2 Å². The van der Waals surface area contributed by atoms with Crippen LogP contribution in [0.5, 0.6) is 0 Å². The fourth-order valence-corrected chi connectivity index (χ4v) is 2.74. The van der Waals surface area contributed by atoms with E-state index in [0.717, 1.165) is 38.1 Å². The number of likely N-dealkylation sites (tertiary alicyclic amines) is 1. The summed E-state index contributed by atoms with van der Waals surface area (Å²) in [4.78, 5) is 26.2. The second-order valence-electron chi connectivity index (χ2n) is 5.63. The van der Waals surface area contributed by atoms with Gasteiger partial charge < -0.3 is 10.2 Å². The Hall–Kier alpha value is -2.76. The summed E-state index contributed by atoms with van der Waals surface area (Å²) in [7, 11) is 0. The molecule has 0 spiro atoms. The second-order valence-corrected chi connectivity index (χ2v) is 5.63. The minimum atomic E-state index is -0.934. The van der Waals surface area contributed by atoms with Crippen LogP contribution in [0.3, 0.4) is 0 Å². The van der Waals surface area contributed by atoms with E-state index in [9.17, 15) is 18.4 Å². The van der Waals surface area contributed by atoms with Crippen LogP contribution >= 0.6 is 0 Å². The van der Waals surface area contributed by atoms with Crippen LogP contribution in [-0.4, -0.2) is 29.8 Å². The largest absolute Gasteiger partial charge is 0.339 e. The van der Waals surface area contributed by atoms with E-state index in [-0.39, 0.29) is 5.91 Å². The molecule has 1 saturated heterocycles. The highest BCUT2D eigenvalue weighted by Crippen LogP contribution is 2.18. The molecule has 1 heterocycles. The average molecular weight is 330 g/mol. The standard InChI is InChI=1S/C18H16F2N2O2/c19-14-7-4-8-15(20)16(14)17(23)21-13-6-3-5-12(11-13)18(24)22-9-1-2-10-22/h3-8,11H,1-2,9-10H2,(H,21,23). The summed E-state index contributed by atoms with van der Waals surface area (Å²) in [6, 6.07) is 9.58. The highest BCUT2D eigenvalue weighted by Gasteiger charge is 2.21. The molecule has 1 fully saturated rings. The number of carbonyl (C=O) groups is 2. The number of nitrogens with zero attached hydrogens (tertiary/aromatic N) is 1. The van der Waals surface area contributed by atoms with Crippen molar-refractivity contribution in [2.24, 2.45) is 0 Å². The SMILES string of the molecule is O=C(Nc1cccc(C(=O)N2CCCC2)c1)c1c(F)cccc1F. The molecule has 124 valence electrons. The zero-order chi connectivity index (χ0) is 17.1. The van der Waals surface area contributed by atoms with E-state index in [2.05, 4.69) is 5.32 Å². The summed E-state index contributed by atoms with van der Waals surface area (Å²) in [6.07, 6.45) is 1.96. The molecule has 2 amide bonds. The second kappa shape index (κ2) is 6.78. The van der Waals surface area contributed by atoms with Gasteiger partial charge in [0.2, 0.25) is 0 Å². The number of amides is 2. The first-order chi connectivity index (χ1) is 11.6. The average Bonchev–Trinajstić information content (AvgIpc) is 3.08. The van der Waals surface area contributed by atoms with Crippen LogP contribution < -0.4 is 5.32 Å². The van der Waals surface area contributed by atoms with Gasteiger partial charge in [-0.2, -0.15) is 0 Å². The van der Waals surface area contributed by atoms with Crippen molar-refractivity contribution in [3.8, 4) is 0 Å². The number of carbonyl (C=O) groups excluding carboxylic acids is 2. The third-order valence-corrected chi connectivity index (χ3v) is 3.95. The number of anilines is 1. The van der Waals surface area contributed by atoms with Crippen LogP contribution in [0.15, 0.2) is 42.5 Å². The number of hydrogen-bond donors (Lipinski definition) is 1. The maximum absolute atomic E-state index is 13.7. The van der Waals surface area contributed by atoms with Crippen molar-refractivity contribution in [3.05, 3.63) is 65.2 Å². The van der Waals surface area contributed by atoms with Gasteiger partial charge in [-0.3, -0.25) is 9.59 Å². The van der Waals surface area contributed by atoms with Crippen LogP contribution in [0, 0.1) is 11.6 Å². The van der Waals surface area contributed by atoms with E-state index in [1.165, 1.54) is 12.1 Å². The lowest BCUT2D eigenvalue weighted by molar-refractivity contribution is 0.0792. The Balaban J connectivity index is 1.79. The van der Waals surface area contributed by atoms with Crippen molar-refractivity contribution in [2.45, 2.75) is 12.8 Å². The highest BCUT2D eigenvalue weighted by atomic mass is 19.1. The monoisotopic (exact) mass is 330 g/mol. The van der Waals surface area contributed by atoms with Crippen molar-refractivity contribution in [3.63, 3.8) is 0 Å². The molecule has 2 aromatic rings. The summed E-state index contributed by atoms with van der Waals surface area (Å²) in [5, 5.41) is 2.44. The molecule has 6 heteroatoms. The molecule has 1 N–H and O–H groups in total. The molecule has 2 aromatic carbocycles. The molecule has 0 saturated carbocycles. The Morgan fingerprint density at radius 3 is 2.25 bits per heavy atom. The first-order valence-electron chi connectivity index (χ1n) is 7.71. The molecule has 0 aromatic heterocycles. The Bertz CT molecular complexity index is 766. The Kier molecular flexibility index (Phi) is 4.55. The number of halogens is 2. The lowest BCUT2D eigenvalue weighted by Gasteiger charge is -2.16. The van der Waals surface area contributed by atoms with Gasteiger partial charge in [-0.1, -0.05) is 12.1 Å². The van der Waals surface area contributed by atoms with E-state index in [0.29, 0.717) is 11.3 Å². The van der Waals surface area contributed by atoms with E-state index < -0.39 is 23.1 Å². The summed E-state index contributed by atoms with van der Waals surface area (Å²) in [5.41, 5.74) is 0.102. The molecule has 0 unspecified atom stereocenters. The summed E-state index contributed by atoms with van der Waals surface area (Å²) in [6.45, 7) is 1.44. The normalized spacial score (nSPS) is 13.8. The smallest absolute Gasteiger partial charge is 0.261 e. The van der Waals surface area contributed by atoms with Gasteiger partial charge in [0.15, 0.2) is 0 Å². The Morgan fingerprint density at radius 2 is 1.58 bits per heavy atom. The summed E-state index contributed by atoms with van der Waals surface area (Å²) in [5.74, 6) is -2.87.